The number of nitrogen functional groups attached to an aromatic ring is 1. The van der Waals surface area contributed by atoms with Crippen LogP contribution >= 0.6 is 0 Å². The molecule has 1 atom stereocenters. The fraction of sp³-hybridized carbons (Fsp3) is 0.267. The molecule has 0 saturated heterocycles. The van der Waals surface area contributed by atoms with Gasteiger partial charge in [-0.15, -0.1) is 0 Å². The molecule has 1 aromatic carbocycles. The molecule has 0 radical (unpaired) electrons. The molecule has 0 aliphatic heterocycles. The predicted molar refractivity (Wildman–Crippen MR) is 78.8 cm³/mol. The SMILES string of the molecule is COc1ccc(C(N)Cc2cccnc2N)cc1OC. The zero-order chi connectivity index (χ0) is 14.5. The topological polar surface area (TPSA) is 83.4 Å². The minimum absolute atomic E-state index is 0.179. The van der Waals surface area contributed by atoms with Gasteiger partial charge in [0.25, 0.3) is 0 Å². The van der Waals surface area contributed by atoms with Gasteiger partial charge in [-0.05, 0) is 35.7 Å². The highest BCUT2D eigenvalue weighted by atomic mass is 16.5. The maximum atomic E-state index is 6.23. The molecule has 1 unspecified atom stereocenters. The van der Waals surface area contributed by atoms with Crippen LogP contribution in [0.5, 0.6) is 11.5 Å². The lowest BCUT2D eigenvalue weighted by atomic mass is 9.99. The van der Waals surface area contributed by atoms with E-state index in [0.29, 0.717) is 23.7 Å². The van der Waals surface area contributed by atoms with Crippen molar-refractivity contribution >= 4 is 5.82 Å². The number of hydrogen-bond acceptors (Lipinski definition) is 5. The number of anilines is 1. The average Bonchev–Trinajstić information content (AvgIpc) is 2.48. The van der Waals surface area contributed by atoms with Crippen LogP contribution in [0.15, 0.2) is 36.5 Å². The second kappa shape index (κ2) is 6.25. The first-order chi connectivity index (χ1) is 9.65. The molecule has 0 bridgehead atoms. The van der Waals surface area contributed by atoms with E-state index in [0.717, 1.165) is 11.1 Å². The summed E-state index contributed by atoms with van der Waals surface area (Å²) in [4.78, 5) is 4.06. The second-order valence-corrected chi connectivity index (χ2v) is 4.47. The van der Waals surface area contributed by atoms with Gasteiger partial charge in [0.1, 0.15) is 5.82 Å². The Kier molecular flexibility index (Phi) is 4.42. The van der Waals surface area contributed by atoms with Gasteiger partial charge in [-0.1, -0.05) is 12.1 Å². The van der Waals surface area contributed by atoms with Crippen molar-refractivity contribution in [2.24, 2.45) is 5.73 Å². The third-order valence-electron chi connectivity index (χ3n) is 3.20. The summed E-state index contributed by atoms with van der Waals surface area (Å²) in [7, 11) is 3.21. The van der Waals surface area contributed by atoms with Crippen molar-refractivity contribution in [3.63, 3.8) is 0 Å². The predicted octanol–water partition coefficient (Wildman–Crippen LogP) is 1.92. The first-order valence-corrected chi connectivity index (χ1v) is 6.32. The zero-order valence-electron chi connectivity index (χ0n) is 11.7. The Morgan fingerprint density at radius 2 is 1.90 bits per heavy atom. The zero-order valence-corrected chi connectivity index (χ0v) is 11.7. The molecule has 0 saturated carbocycles. The summed E-state index contributed by atoms with van der Waals surface area (Å²) in [5.74, 6) is 1.87. The van der Waals surface area contributed by atoms with Gasteiger partial charge in [-0.3, -0.25) is 0 Å². The Hall–Kier alpha value is -2.27. The number of rotatable bonds is 5. The van der Waals surface area contributed by atoms with Crippen LogP contribution in [0.25, 0.3) is 0 Å². The number of hydrogen-bond donors (Lipinski definition) is 2. The number of benzene rings is 1. The quantitative estimate of drug-likeness (QED) is 0.869. The molecular weight excluding hydrogens is 254 g/mol. The Bertz CT molecular complexity index is 587. The van der Waals surface area contributed by atoms with Crippen molar-refractivity contribution in [2.45, 2.75) is 12.5 Å². The summed E-state index contributed by atoms with van der Waals surface area (Å²) < 4.78 is 10.5. The summed E-state index contributed by atoms with van der Waals surface area (Å²) in [6.07, 6.45) is 2.29. The lowest BCUT2D eigenvalue weighted by Crippen LogP contribution is -2.14. The van der Waals surface area contributed by atoms with Gasteiger partial charge in [0.05, 0.1) is 14.2 Å². The van der Waals surface area contributed by atoms with Gasteiger partial charge < -0.3 is 20.9 Å². The molecule has 5 nitrogen and oxygen atoms in total. The van der Waals surface area contributed by atoms with Gasteiger partial charge in [-0.25, -0.2) is 4.98 Å². The van der Waals surface area contributed by atoms with E-state index in [4.69, 9.17) is 20.9 Å². The molecule has 0 amide bonds. The van der Waals surface area contributed by atoms with E-state index in [9.17, 15) is 0 Å². The van der Waals surface area contributed by atoms with Crippen LogP contribution < -0.4 is 20.9 Å². The third-order valence-corrected chi connectivity index (χ3v) is 3.20. The molecule has 1 aromatic heterocycles. The molecular formula is C15H19N3O2. The van der Waals surface area contributed by atoms with Crippen LogP contribution in [0.3, 0.4) is 0 Å². The summed E-state index contributed by atoms with van der Waals surface area (Å²) in [6.45, 7) is 0. The third kappa shape index (κ3) is 3.00. The first-order valence-electron chi connectivity index (χ1n) is 6.32. The smallest absolute Gasteiger partial charge is 0.161 e. The lowest BCUT2D eigenvalue weighted by Gasteiger charge is -2.15. The van der Waals surface area contributed by atoms with Crippen LogP contribution in [0.4, 0.5) is 5.82 Å². The average molecular weight is 273 g/mol. The highest BCUT2D eigenvalue weighted by molar-refractivity contribution is 5.45. The van der Waals surface area contributed by atoms with Crippen LogP contribution in [-0.4, -0.2) is 19.2 Å². The monoisotopic (exact) mass is 273 g/mol. The minimum Gasteiger partial charge on any atom is -0.493 e. The fourth-order valence-electron chi connectivity index (χ4n) is 2.06. The minimum atomic E-state index is -0.179. The maximum absolute atomic E-state index is 6.23. The van der Waals surface area contributed by atoms with Gasteiger partial charge >= 0.3 is 0 Å². The highest BCUT2D eigenvalue weighted by Crippen LogP contribution is 2.30. The number of nitrogens with two attached hydrogens (primary N) is 2. The molecule has 106 valence electrons. The maximum Gasteiger partial charge on any atom is 0.161 e. The van der Waals surface area contributed by atoms with Crippen molar-refractivity contribution in [1.82, 2.24) is 4.98 Å². The Morgan fingerprint density at radius 3 is 2.55 bits per heavy atom. The second-order valence-electron chi connectivity index (χ2n) is 4.47. The molecule has 1 heterocycles. The summed E-state index contributed by atoms with van der Waals surface area (Å²) >= 11 is 0. The molecule has 5 heteroatoms. The van der Waals surface area contributed by atoms with E-state index in [1.807, 2.05) is 30.3 Å². The number of methoxy groups -OCH3 is 2. The summed E-state index contributed by atoms with van der Waals surface area (Å²) in [5.41, 5.74) is 14.0. The largest absolute Gasteiger partial charge is 0.493 e. The number of ether oxygens (including phenoxy) is 2. The normalized spacial score (nSPS) is 11.9. The van der Waals surface area contributed by atoms with Crippen LogP contribution in [-0.2, 0) is 6.42 Å². The molecule has 4 N–H and O–H groups in total. The molecule has 20 heavy (non-hydrogen) atoms. The molecule has 0 fully saturated rings. The van der Waals surface area contributed by atoms with Crippen molar-refractivity contribution in [1.29, 1.82) is 0 Å². The molecule has 2 aromatic rings. The van der Waals surface area contributed by atoms with Gasteiger partial charge in [0.2, 0.25) is 0 Å². The number of nitrogens with zero attached hydrogens (tertiary/aromatic N) is 1. The highest BCUT2D eigenvalue weighted by Gasteiger charge is 2.12. The number of aromatic nitrogens is 1. The summed E-state index contributed by atoms with van der Waals surface area (Å²) in [5, 5.41) is 0. The molecule has 0 spiro atoms. The van der Waals surface area contributed by atoms with E-state index in [2.05, 4.69) is 4.98 Å². The van der Waals surface area contributed by atoms with Crippen molar-refractivity contribution in [2.75, 3.05) is 20.0 Å². The van der Waals surface area contributed by atoms with E-state index in [1.165, 1.54) is 0 Å². The van der Waals surface area contributed by atoms with Crippen molar-refractivity contribution < 1.29 is 9.47 Å². The van der Waals surface area contributed by atoms with E-state index < -0.39 is 0 Å². The van der Waals surface area contributed by atoms with E-state index in [1.54, 1.807) is 20.4 Å². The fourth-order valence-corrected chi connectivity index (χ4v) is 2.06. The summed E-state index contributed by atoms with van der Waals surface area (Å²) in [6, 6.07) is 9.27. The van der Waals surface area contributed by atoms with Crippen molar-refractivity contribution in [3.05, 3.63) is 47.7 Å². The first kappa shape index (κ1) is 14.1. The lowest BCUT2D eigenvalue weighted by molar-refractivity contribution is 0.354. The number of pyridine rings is 1. The molecule has 0 aliphatic carbocycles. The van der Waals surface area contributed by atoms with Crippen LogP contribution in [0.1, 0.15) is 17.2 Å². The van der Waals surface area contributed by atoms with Crippen molar-refractivity contribution in [3.8, 4) is 11.5 Å². The van der Waals surface area contributed by atoms with Gasteiger partial charge in [0.15, 0.2) is 11.5 Å². The Labute approximate surface area is 118 Å². The van der Waals surface area contributed by atoms with Crippen LogP contribution in [0.2, 0.25) is 0 Å². The molecule has 2 rings (SSSR count). The Morgan fingerprint density at radius 1 is 1.15 bits per heavy atom. The van der Waals surface area contributed by atoms with Gasteiger partial charge in [0, 0.05) is 12.2 Å². The van der Waals surface area contributed by atoms with Gasteiger partial charge in [-0.2, -0.15) is 0 Å². The molecule has 0 aliphatic rings. The standard InChI is InChI=1S/C15H19N3O2/c1-19-13-6-5-10(9-14(13)20-2)12(16)8-11-4-3-7-18-15(11)17/h3-7,9,12H,8,16H2,1-2H3,(H2,17,18). The Balaban J connectivity index is 2.21. The van der Waals surface area contributed by atoms with Crippen LogP contribution in [0, 0.1) is 0 Å². The van der Waals surface area contributed by atoms with E-state index in [-0.39, 0.29) is 6.04 Å². The van der Waals surface area contributed by atoms with E-state index >= 15 is 0 Å².